The molecule has 0 saturated carbocycles. The van der Waals surface area contributed by atoms with E-state index in [4.69, 9.17) is 4.74 Å². The number of halogens is 3. The maximum atomic E-state index is 13.9. The summed E-state index contributed by atoms with van der Waals surface area (Å²) < 4.78 is 33.6. The number of piperazine rings is 1. The quantitative estimate of drug-likeness (QED) is 0.233. The third kappa shape index (κ3) is 6.78. The van der Waals surface area contributed by atoms with Crippen molar-refractivity contribution in [1.29, 1.82) is 0 Å². The molecule has 0 unspecified atom stereocenters. The summed E-state index contributed by atoms with van der Waals surface area (Å²) in [6.45, 7) is 3.39. The van der Waals surface area contributed by atoms with Crippen molar-refractivity contribution in [3.8, 4) is 0 Å². The molecule has 11 heteroatoms. The topological polar surface area (TPSA) is 107 Å². The van der Waals surface area contributed by atoms with Crippen LogP contribution >= 0.6 is 11.6 Å². The molecular formula is C31H33ClF2N4O4. The number of aromatic nitrogens is 1. The second kappa shape index (κ2) is 14.6. The van der Waals surface area contributed by atoms with E-state index >= 15 is 0 Å². The summed E-state index contributed by atoms with van der Waals surface area (Å²) in [5.41, 5.74) is 1.62. The lowest BCUT2D eigenvalue weighted by atomic mass is 10.0. The van der Waals surface area contributed by atoms with E-state index in [2.05, 4.69) is 11.6 Å². The van der Waals surface area contributed by atoms with Gasteiger partial charge in [-0.2, -0.15) is 0 Å². The van der Waals surface area contributed by atoms with Gasteiger partial charge in [-0.3, -0.25) is 9.59 Å². The predicted octanol–water partition coefficient (Wildman–Crippen LogP) is 5.48. The molecule has 1 aliphatic heterocycles. The van der Waals surface area contributed by atoms with E-state index in [0.717, 1.165) is 0 Å². The first-order chi connectivity index (χ1) is 19.9. The van der Waals surface area contributed by atoms with E-state index in [-0.39, 0.29) is 36.6 Å². The number of rotatable bonds is 6. The SMILES string of the molecule is CCOC(=O)c1c(N2CCN(C(=O)c3ccc(F)cc3)CC2)c2ccccc2n(Cc2ccc(F)cc2)c1=O.CCl.N. The summed E-state index contributed by atoms with van der Waals surface area (Å²) in [4.78, 5) is 43.6. The smallest absolute Gasteiger partial charge is 0.345 e. The average Bonchev–Trinajstić information content (AvgIpc) is 3.00. The highest BCUT2D eigenvalue weighted by Crippen LogP contribution is 2.31. The minimum atomic E-state index is -0.721. The molecule has 3 N–H and O–H groups in total. The molecule has 1 aliphatic rings. The van der Waals surface area contributed by atoms with Crippen molar-refractivity contribution >= 4 is 40.1 Å². The highest BCUT2D eigenvalue weighted by Gasteiger charge is 2.30. The first kappa shape index (κ1) is 32.2. The third-order valence-electron chi connectivity index (χ3n) is 6.85. The summed E-state index contributed by atoms with van der Waals surface area (Å²) in [6, 6.07) is 18.6. The summed E-state index contributed by atoms with van der Waals surface area (Å²) in [7, 11) is 0. The van der Waals surface area contributed by atoms with Gasteiger partial charge in [-0.05, 0) is 55.0 Å². The number of esters is 1. The van der Waals surface area contributed by atoms with Crippen LogP contribution in [-0.2, 0) is 11.3 Å². The second-order valence-electron chi connectivity index (χ2n) is 9.27. The average molecular weight is 599 g/mol. The van der Waals surface area contributed by atoms with Crippen LogP contribution in [0.5, 0.6) is 0 Å². The van der Waals surface area contributed by atoms with Gasteiger partial charge in [-0.15, -0.1) is 11.6 Å². The molecule has 3 aromatic carbocycles. The second-order valence-corrected chi connectivity index (χ2v) is 9.27. The van der Waals surface area contributed by atoms with Crippen molar-refractivity contribution < 1.29 is 23.1 Å². The van der Waals surface area contributed by atoms with Gasteiger partial charge in [0.15, 0.2) is 0 Å². The highest BCUT2D eigenvalue weighted by atomic mass is 35.5. The Morgan fingerprint density at radius 2 is 1.43 bits per heavy atom. The number of hydrogen-bond donors (Lipinski definition) is 1. The van der Waals surface area contributed by atoms with Crippen LogP contribution in [0.4, 0.5) is 14.5 Å². The van der Waals surface area contributed by atoms with Crippen LogP contribution in [0.2, 0.25) is 0 Å². The summed E-state index contributed by atoms with van der Waals surface area (Å²) in [5.74, 6) is -1.72. The Bertz CT molecular complexity index is 1590. The maximum Gasteiger partial charge on any atom is 0.345 e. The van der Waals surface area contributed by atoms with Crippen molar-refractivity contribution in [2.24, 2.45) is 0 Å². The number of anilines is 1. The maximum absolute atomic E-state index is 13.9. The first-order valence-corrected chi connectivity index (χ1v) is 13.9. The predicted molar refractivity (Wildman–Crippen MR) is 161 cm³/mol. The standard InChI is InChI=1S/C30H27F2N3O4.CH3Cl.H3N/c1-2-39-30(38)26-27(33-15-17-34(18-16-33)28(36)21-9-13-23(32)14-10-21)24-5-3-4-6-25(24)35(29(26)37)19-20-7-11-22(31)12-8-20;1-2;/h3-14H,2,15-19H2,1H3;1H3;1H3. The molecule has 42 heavy (non-hydrogen) atoms. The molecule has 0 atom stereocenters. The zero-order valence-electron chi connectivity index (χ0n) is 23.5. The molecule has 1 amide bonds. The minimum Gasteiger partial charge on any atom is -0.462 e. The van der Waals surface area contributed by atoms with Gasteiger partial charge >= 0.3 is 5.97 Å². The fourth-order valence-electron chi connectivity index (χ4n) is 4.94. The minimum absolute atomic E-state index is 0. The molecule has 1 aromatic heterocycles. The van der Waals surface area contributed by atoms with Gasteiger partial charge in [-0.25, -0.2) is 13.6 Å². The number of carbonyl (C=O) groups excluding carboxylic acids is 2. The fourth-order valence-corrected chi connectivity index (χ4v) is 4.94. The van der Waals surface area contributed by atoms with Crippen LogP contribution in [0.1, 0.15) is 33.2 Å². The number of pyridine rings is 1. The Labute approximate surface area is 247 Å². The molecule has 0 spiro atoms. The lowest BCUT2D eigenvalue weighted by Gasteiger charge is -2.37. The number of alkyl halides is 1. The molecule has 4 aromatic rings. The van der Waals surface area contributed by atoms with Crippen LogP contribution in [0.25, 0.3) is 10.9 Å². The first-order valence-electron chi connectivity index (χ1n) is 13.1. The monoisotopic (exact) mass is 598 g/mol. The van der Waals surface area contributed by atoms with Gasteiger partial charge in [0, 0.05) is 43.5 Å². The van der Waals surface area contributed by atoms with E-state index in [0.29, 0.717) is 53.9 Å². The number of nitrogens with zero attached hydrogens (tertiary/aromatic N) is 3. The Morgan fingerprint density at radius 3 is 2.02 bits per heavy atom. The molecule has 0 bridgehead atoms. The van der Waals surface area contributed by atoms with E-state index < -0.39 is 17.3 Å². The van der Waals surface area contributed by atoms with Gasteiger partial charge in [-0.1, -0.05) is 30.3 Å². The van der Waals surface area contributed by atoms with Crippen LogP contribution < -0.4 is 16.6 Å². The highest BCUT2D eigenvalue weighted by molar-refractivity contribution is 6.15. The number of hydrogen-bond acceptors (Lipinski definition) is 6. The zero-order valence-corrected chi connectivity index (χ0v) is 24.2. The number of fused-ring (bicyclic) bond motifs is 1. The van der Waals surface area contributed by atoms with E-state index in [1.54, 1.807) is 24.0 Å². The summed E-state index contributed by atoms with van der Waals surface area (Å²) in [6.07, 6.45) is 1.47. The molecule has 1 saturated heterocycles. The van der Waals surface area contributed by atoms with Crippen LogP contribution in [0.3, 0.4) is 0 Å². The van der Waals surface area contributed by atoms with Gasteiger partial charge in [0.05, 0.1) is 24.4 Å². The Kier molecular flexibility index (Phi) is 11.2. The molecule has 0 radical (unpaired) electrons. The Morgan fingerprint density at radius 1 is 0.857 bits per heavy atom. The van der Waals surface area contributed by atoms with Crippen molar-refractivity contribution in [3.63, 3.8) is 0 Å². The Balaban J connectivity index is 0.00000158. The number of carbonyl (C=O) groups is 2. The molecule has 2 heterocycles. The molecular weight excluding hydrogens is 566 g/mol. The van der Waals surface area contributed by atoms with Gasteiger partial charge < -0.3 is 25.3 Å². The molecule has 8 nitrogen and oxygen atoms in total. The Hall–Kier alpha value is -4.28. The summed E-state index contributed by atoms with van der Waals surface area (Å²) in [5, 5.41) is 0.695. The van der Waals surface area contributed by atoms with Crippen LogP contribution in [-0.4, -0.2) is 60.5 Å². The van der Waals surface area contributed by atoms with E-state index in [1.165, 1.54) is 47.3 Å². The molecule has 222 valence electrons. The number of benzene rings is 3. The molecule has 1 fully saturated rings. The van der Waals surface area contributed by atoms with Gasteiger partial charge in [0.2, 0.25) is 0 Å². The normalized spacial score (nSPS) is 12.7. The lowest BCUT2D eigenvalue weighted by molar-refractivity contribution is 0.0523. The largest absolute Gasteiger partial charge is 0.462 e. The third-order valence-corrected chi connectivity index (χ3v) is 6.85. The van der Waals surface area contributed by atoms with E-state index in [9.17, 15) is 23.2 Å². The van der Waals surface area contributed by atoms with Crippen molar-refractivity contribution in [2.45, 2.75) is 13.5 Å². The van der Waals surface area contributed by atoms with Crippen LogP contribution in [0.15, 0.2) is 77.6 Å². The number of ether oxygens (including phenoxy) is 1. The van der Waals surface area contributed by atoms with Crippen molar-refractivity contribution in [2.75, 3.05) is 44.1 Å². The number of amides is 1. The van der Waals surface area contributed by atoms with Gasteiger partial charge in [0.1, 0.15) is 17.2 Å². The number of para-hydroxylation sites is 1. The lowest BCUT2D eigenvalue weighted by Crippen LogP contribution is -2.49. The molecule has 0 aliphatic carbocycles. The summed E-state index contributed by atoms with van der Waals surface area (Å²) >= 11 is 4.64. The van der Waals surface area contributed by atoms with Crippen molar-refractivity contribution in [1.82, 2.24) is 15.6 Å². The van der Waals surface area contributed by atoms with E-state index in [1.807, 2.05) is 29.2 Å². The fraction of sp³-hybridized carbons (Fsp3) is 0.258. The van der Waals surface area contributed by atoms with Gasteiger partial charge in [0.25, 0.3) is 11.5 Å². The van der Waals surface area contributed by atoms with Crippen molar-refractivity contribution in [3.05, 3.63) is 111 Å². The van der Waals surface area contributed by atoms with Crippen LogP contribution in [0, 0.1) is 11.6 Å². The zero-order chi connectivity index (χ0) is 29.5. The molecule has 5 rings (SSSR count).